The topological polar surface area (TPSA) is 59.7 Å². The summed E-state index contributed by atoms with van der Waals surface area (Å²) in [6.07, 6.45) is -0.996. The molecule has 0 amide bonds. The molecule has 1 aromatic heterocycles. The van der Waals surface area contributed by atoms with Crippen LogP contribution in [0.15, 0.2) is 16.5 Å². The summed E-state index contributed by atoms with van der Waals surface area (Å²) in [4.78, 5) is 10.8. The second kappa shape index (κ2) is 4.09. The van der Waals surface area contributed by atoms with Gasteiger partial charge < -0.3 is 14.3 Å². The van der Waals surface area contributed by atoms with Crippen molar-refractivity contribution in [2.45, 2.75) is 19.4 Å². The number of carbonyl (C=O) groups is 1. The second-order valence-electron chi connectivity index (χ2n) is 2.74. The Balaban J connectivity index is 2.58. The van der Waals surface area contributed by atoms with Crippen LogP contribution in [-0.4, -0.2) is 18.2 Å². The minimum atomic E-state index is -0.916. The van der Waals surface area contributed by atoms with Gasteiger partial charge in [-0.15, -0.1) is 0 Å². The van der Waals surface area contributed by atoms with Crippen LogP contribution in [0.3, 0.4) is 0 Å². The summed E-state index contributed by atoms with van der Waals surface area (Å²) in [5.41, 5.74) is 0. The highest BCUT2D eigenvalue weighted by Gasteiger charge is 2.15. The Morgan fingerprint density at radius 1 is 1.69 bits per heavy atom. The predicted octanol–water partition coefficient (Wildman–Crippen LogP) is 1.18. The molecule has 0 aliphatic carbocycles. The van der Waals surface area contributed by atoms with E-state index >= 15 is 0 Å². The number of esters is 1. The van der Waals surface area contributed by atoms with Crippen molar-refractivity contribution >= 4 is 5.97 Å². The monoisotopic (exact) mass is 184 g/mol. The molecule has 1 N–H and O–H groups in total. The average molecular weight is 184 g/mol. The number of hydrogen-bond donors (Lipinski definition) is 1. The SMILES string of the molecule is COC(=O)CC(O)c1ccc(C)o1. The van der Waals surface area contributed by atoms with Gasteiger partial charge in [-0.3, -0.25) is 4.79 Å². The summed E-state index contributed by atoms with van der Waals surface area (Å²) in [6.45, 7) is 1.77. The molecule has 1 rings (SSSR count). The van der Waals surface area contributed by atoms with Crippen LogP contribution in [0.4, 0.5) is 0 Å². The Hall–Kier alpha value is -1.29. The smallest absolute Gasteiger partial charge is 0.308 e. The van der Waals surface area contributed by atoms with Crippen LogP contribution in [0.5, 0.6) is 0 Å². The maximum absolute atomic E-state index is 10.8. The third kappa shape index (κ3) is 2.59. The van der Waals surface area contributed by atoms with E-state index in [2.05, 4.69) is 4.74 Å². The molecule has 0 aliphatic rings. The molecule has 0 saturated carbocycles. The summed E-state index contributed by atoms with van der Waals surface area (Å²) < 4.78 is 9.54. The fourth-order valence-electron chi connectivity index (χ4n) is 0.974. The number of aliphatic hydroxyl groups excluding tert-OH is 1. The van der Waals surface area contributed by atoms with Gasteiger partial charge in [0.2, 0.25) is 0 Å². The van der Waals surface area contributed by atoms with Gasteiger partial charge in [0, 0.05) is 0 Å². The van der Waals surface area contributed by atoms with Crippen molar-refractivity contribution < 1.29 is 19.1 Å². The van der Waals surface area contributed by atoms with Crippen LogP contribution in [0.2, 0.25) is 0 Å². The van der Waals surface area contributed by atoms with Gasteiger partial charge in [-0.05, 0) is 19.1 Å². The van der Waals surface area contributed by atoms with Crippen LogP contribution in [0.1, 0.15) is 24.0 Å². The van der Waals surface area contributed by atoms with E-state index < -0.39 is 12.1 Å². The van der Waals surface area contributed by atoms with Crippen LogP contribution in [-0.2, 0) is 9.53 Å². The van der Waals surface area contributed by atoms with Crippen molar-refractivity contribution in [2.24, 2.45) is 0 Å². The molecule has 0 aromatic carbocycles. The quantitative estimate of drug-likeness (QED) is 0.716. The molecule has 1 atom stereocenters. The molecule has 0 aliphatic heterocycles. The normalized spacial score (nSPS) is 12.5. The molecule has 0 saturated heterocycles. The standard InChI is InChI=1S/C9H12O4/c1-6-3-4-8(13-6)7(10)5-9(11)12-2/h3-4,7,10H,5H2,1-2H3. The minimum Gasteiger partial charge on any atom is -0.469 e. The van der Waals surface area contributed by atoms with Gasteiger partial charge in [-0.2, -0.15) is 0 Å². The van der Waals surface area contributed by atoms with Crippen LogP contribution in [0.25, 0.3) is 0 Å². The molecule has 0 radical (unpaired) electrons. The Morgan fingerprint density at radius 2 is 2.38 bits per heavy atom. The highest BCUT2D eigenvalue weighted by molar-refractivity contribution is 5.69. The van der Waals surface area contributed by atoms with Crippen molar-refractivity contribution in [1.29, 1.82) is 0 Å². The van der Waals surface area contributed by atoms with E-state index in [-0.39, 0.29) is 6.42 Å². The highest BCUT2D eigenvalue weighted by atomic mass is 16.5. The fraction of sp³-hybridized carbons (Fsp3) is 0.444. The van der Waals surface area contributed by atoms with Crippen LogP contribution >= 0.6 is 0 Å². The number of hydrogen-bond acceptors (Lipinski definition) is 4. The first-order valence-corrected chi connectivity index (χ1v) is 3.94. The Kier molecular flexibility index (Phi) is 3.08. The Bertz CT molecular complexity index is 290. The zero-order valence-corrected chi connectivity index (χ0v) is 7.61. The first kappa shape index (κ1) is 9.80. The second-order valence-corrected chi connectivity index (χ2v) is 2.74. The first-order chi connectivity index (χ1) is 6.13. The number of carbonyl (C=O) groups excluding carboxylic acids is 1. The van der Waals surface area contributed by atoms with Gasteiger partial charge in [-0.1, -0.05) is 0 Å². The third-order valence-electron chi connectivity index (χ3n) is 1.68. The number of furan rings is 1. The van der Waals surface area contributed by atoms with Gasteiger partial charge >= 0.3 is 5.97 Å². The van der Waals surface area contributed by atoms with Gasteiger partial charge in [-0.25, -0.2) is 0 Å². The highest BCUT2D eigenvalue weighted by Crippen LogP contribution is 2.19. The maximum atomic E-state index is 10.8. The fourth-order valence-corrected chi connectivity index (χ4v) is 0.974. The molecule has 0 fully saturated rings. The van der Waals surface area contributed by atoms with Gasteiger partial charge in [0.15, 0.2) is 0 Å². The summed E-state index contributed by atoms with van der Waals surface area (Å²) in [5.74, 6) is 0.642. The molecular weight excluding hydrogens is 172 g/mol. The molecule has 13 heavy (non-hydrogen) atoms. The van der Waals surface area contributed by atoms with E-state index in [1.54, 1.807) is 19.1 Å². The van der Waals surface area contributed by atoms with Crippen molar-refractivity contribution in [3.05, 3.63) is 23.7 Å². The minimum absolute atomic E-state index is 0.0799. The third-order valence-corrected chi connectivity index (χ3v) is 1.68. The van der Waals surface area contributed by atoms with Crippen molar-refractivity contribution in [2.75, 3.05) is 7.11 Å². The molecule has 4 heteroatoms. The summed E-state index contributed by atoms with van der Waals surface area (Å²) >= 11 is 0. The molecule has 4 nitrogen and oxygen atoms in total. The molecular formula is C9H12O4. The Labute approximate surface area is 76.1 Å². The van der Waals surface area contributed by atoms with E-state index in [1.807, 2.05) is 0 Å². The summed E-state index contributed by atoms with van der Waals surface area (Å²) in [5, 5.41) is 9.44. The van der Waals surface area contributed by atoms with E-state index in [0.717, 1.165) is 0 Å². The average Bonchev–Trinajstić information content (AvgIpc) is 2.51. The Morgan fingerprint density at radius 3 is 2.85 bits per heavy atom. The molecule has 0 bridgehead atoms. The molecule has 1 aromatic rings. The van der Waals surface area contributed by atoms with Crippen LogP contribution in [0, 0.1) is 6.92 Å². The summed E-state index contributed by atoms with van der Waals surface area (Å²) in [7, 11) is 1.28. The zero-order valence-electron chi connectivity index (χ0n) is 7.61. The van der Waals surface area contributed by atoms with Gasteiger partial charge in [0.25, 0.3) is 0 Å². The van der Waals surface area contributed by atoms with Crippen molar-refractivity contribution in [1.82, 2.24) is 0 Å². The van der Waals surface area contributed by atoms with Gasteiger partial charge in [0.05, 0.1) is 13.5 Å². The van der Waals surface area contributed by atoms with Crippen LogP contribution < -0.4 is 0 Å². The first-order valence-electron chi connectivity index (χ1n) is 3.94. The van der Waals surface area contributed by atoms with Crippen molar-refractivity contribution in [3.63, 3.8) is 0 Å². The lowest BCUT2D eigenvalue weighted by Crippen LogP contribution is -2.07. The lowest BCUT2D eigenvalue weighted by molar-refractivity contribution is -0.143. The van der Waals surface area contributed by atoms with Crippen molar-refractivity contribution in [3.8, 4) is 0 Å². The number of rotatable bonds is 3. The van der Waals surface area contributed by atoms with E-state index in [4.69, 9.17) is 4.42 Å². The predicted molar refractivity (Wildman–Crippen MR) is 45.0 cm³/mol. The molecule has 1 heterocycles. The summed E-state index contributed by atoms with van der Waals surface area (Å²) in [6, 6.07) is 3.37. The number of ether oxygens (including phenoxy) is 1. The number of aryl methyl sites for hydroxylation is 1. The van der Waals surface area contributed by atoms with Gasteiger partial charge in [0.1, 0.15) is 17.6 Å². The lowest BCUT2D eigenvalue weighted by atomic mass is 10.2. The zero-order chi connectivity index (χ0) is 9.84. The number of methoxy groups -OCH3 is 1. The molecule has 72 valence electrons. The molecule has 0 spiro atoms. The van der Waals surface area contributed by atoms with E-state index in [9.17, 15) is 9.90 Å². The molecule has 1 unspecified atom stereocenters. The van der Waals surface area contributed by atoms with E-state index in [0.29, 0.717) is 11.5 Å². The largest absolute Gasteiger partial charge is 0.469 e. The lowest BCUT2D eigenvalue weighted by Gasteiger charge is -2.04. The number of aliphatic hydroxyl groups is 1. The van der Waals surface area contributed by atoms with E-state index in [1.165, 1.54) is 7.11 Å². The maximum Gasteiger partial charge on any atom is 0.308 e.